The smallest absolute Gasteiger partial charge is 0.321 e. The van der Waals surface area contributed by atoms with Crippen molar-refractivity contribution in [2.45, 2.75) is 18.8 Å². The number of benzene rings is 2. The largest absolute Gasteiger partial charge is 0.482 e. The van der Waals surface area contributed by atoms with Crippen LogP contribution in [0.2, 0.25) is 0 Å². The first-order valence-corrected chi connectivity index (χ1v) is 9.07. The molecule has 0 spiro atoms. The Bertz CT molecular complexity index is 935. The molecule has 2 aromatic rings. The number of ether oxygens (including phenoxy) is 1. The molecule has 1 atom stereocenters. The predicted octanol–water partition coefficient (Wildman–Crippen LogP) is 3.71. The van der Waals surface area contributed by atoms with Gasteiger partial charge in [0.2, 0.25) is 0 Å². The standard InChI is InChI=1S/C20H19F2N3O3/c21-13-3-5-16(22)15(8-13)12-2-1-7-25(10-12)20(27)23-14-4-6-18-17(9-14)24-19(26)11-28-18/h3-6,8-9,12H,1-2,7,10-11H2,(H,23,27)(H,24,26)/t12-/m0/s1. The van der Waals surface area contributed by atoms with Crippen LogP contribution in [0, 0.1) is 11.6 Å². The number of hydrogen-bond acceptors (Lipinski definition) is 3. The highest BCUT2D eigenvalue weighted by Crippen LogP contribution is 2.32. The average Bonchev–Trinajstić information content (AvgIpc) is 2.69. The van der Waals surface area contributed by atoms with E-state index in [0.717, 1.165) is 12.1 Å². The first-order chi connectivity index (χ1) is 13.5. The van der Waals surface area contributed by atoms with Gasteiger partial charge in [-0.25, -0.2) is 13.6 Å². The van der Waals surface area contributed by atoms with Crippen LogP contribution < -0.4 is 15.4 Å². The van der Waals surface area contributed by atoms with Gasteiger partial charge in [-0.3, -0.25) is 4.79 Å². The Morgan fingerprint density at radius 1 is 1.21 bits per heavy atom. The van der Waals surface area contributed by atoms with Gasteiger partial charge in [0.25, 0.3) is 5.91 Å². The van der Waals surface area contributed by atoms with Crippen LogP contribution in [0.25, 0.3) is 0 Å². The van der Waals surface area contributed by atoms with E-state index < -0.39 is 11.6 Å². The van der Waals surface area contributed by atoms with Crippen LogP contribution in [0.4, 0.5) is 25.0 Å². The summed E-state index contributed by atoms with van der Waals surface area (Å²) in [6.07, 6.45) is 1.38. The maximum absolute atomic E-state index is 14.1. The predicted molar refractivity (Wildman–Crippen MR) is 99.5 cm³/mol. The van der Waals surface area contributed by atoms with Crippen molar-refractivity contribution in [3.8, 4) is 5.75 Å². The molecule has 1 saturated heterocycles. The number of piperidine rings is 1. The number of hydrogen-bond donors (Lipinski definition) is 2. The number of fused-ring (bicyclic) bond motifs is 1. The van der Waals surface area contributed by atoms with Gasteiger partial charge < -0.3 is 20.3 Å². The van der Waals surface area contributed by atoms with Crippen molar-refractivity contribution in [2.75, 3.05) is 30.3 Å². The molecule has 0 radical (unpaired) electrons. The third-order valence-corrected chi connectivity index (χ3v) is 4.97. The van der Waals surface area contributed by atoms with Crippen LogP contribution in [0.5, 0.6) is 5.75 Å². The minimum Gasteiger partial charge on any atom is -0.482 e. The van der Waals surface area contributed by atoms with E-state index in [9.17, 15) is 18.4 Å². The molecule has 1 fully saturated rings. The van der Waals surface area contributed by atoms with Crippen LogP contribution in [0.3, 0.4) is 0 Å². The van der Waals surface area contributed by atoms with Gasteiger partial charge in [-0.1, -0.05) is 0 Å². The fourth-order valence-corrected chi connectivity index (χ4v) is 3.61. The Balaban J connectivity index is 1.45. The zero-order valence-corrected chi connectivity index (χ0v) is 15.0. The van der Waals surface area contributed by atoms with Crippen molar-refractivity contribution in [2.24, 2.45) is 0 Å². The van der Waals surface area contributed by atoms with Crippen LogP contribution in [0.1, 0.15) is 24.3 Å². The second-order valence-corrected chi connectivity index (χ2v) is 6.93. The summed E-state index contributed by atoms with van der Waals surface area (Å²) < 4.78 is 32.9. The second-order valence-electron chi connectivity index (χ2n) is 6.93. The van der Waals surface area contributed by atoms with Crippen LogP contribution in [-0.4, -0.2) is 36.5 Å². The van der Waals surface area contributed by atoms with Gasteiger partial charge in [-0.2, -0.15) is 0 Å². The summed E-state index contributed by atoms with van der Waals surface area (Å²) in [5.74, 6) is -0.925. The molecular weight excluding hydrogens is 368 g/mol. The molecule has 0 bridgehead atoms. The zero-order chi connectivity index (χ0) is 19.7. The number of nitrogens with one attached hydrogen (secondary N) is 2. The molecule has 2 N–H and O–H groups in total. The number of halogens is 2. The first-order valence-electron chi connectivity index (χ1n) is 9.07. The molecule has 6 nitrogen and oxygen atoms in total. The lowest BCUT2D eigenvalue weighted by atomic mass is 9.90. The number of anilines is 2. The van der Waals surface area contributed by atoms with Gasteiger partial charge in [0.1, 0.15) is 17.4 Å². The van der Waals surface area contributed by atoms with Gasteiger partial charge in [-0.15, -0.1) is 0 Å². The maximum Gasteiger partial charge on any atom is 0.321 e. The molecule has 146 valence electrons. The maximum atomic E-state index is 14.1. The quantitative estimate of drug-likeness (QED) is 0.825. The number of carbonyl (C=O) groups is 2. The Morgan fingerprint density at radius 3 is 2.93 bits per heavy atom. The van der Waals surface area contributed by atoms with E-state index in [1.165, 1.54) is 6.07 Å². The molecule has 0 saturated carbocycles. The molecule has 2 aliphatic rings. The molecule has 2 aliphatic heterocycles. The molecule has 2 aromatic carbocycles. The summed E-state index contributed by atoms with van der Waals surface area (Å²) in [5, 5.41) is 5.47. The van der Waals surface area contributed by atoms with Crippen LogP contribution in [-0.2, 0) is 4.79 Å². The summed E-state index contributed by atoms with van der Waals surface area (Å²) in [6.45, 7) is 0.797. The molecule has 2 heterocycles. The SMILES string of the molecule is O=C1COc2ccc(NC(=O)N3CCC[C@H](c4cc(F)ccc4F)C3)cc2N1. The number of amides is 3. The third kappa shape index (κ3) is 3.76. The topological polar surface area (TPSA) is 70.7 Å². The number of urea groups is 1. The summed E-state index contributed by atoms with van der Waals surface area (Å²) in [7, 11) is 0. The van der Waals surface area contributed by atoms with Gasteiger partial charge in [0, 0.05) is 24.7 Å². The van der Waals surface area contributed by atoms with Gasteiger partial charge in [0.05, 0.1) is 5.69 Å². The summed E-state index contributed by atoms with van der Waals surface area (Å²) >= 11 is 0. The lowest BCUT2D eigenvalue weighted by molar-refractivity contribution is -0.118. The van der Waals surface area contributed by atoms with Gasteiger partial charge >= 0.3 is 6.03 Å². The van der Waals surface area contributed by atoms with E-state index in [2.05, 4.69) is 10.6 Å². The van der Waals surface area contributed by atoms with Crippen molar-refractivity contribution in [3.05, 3.63) is 53.6 Å². The highest BCUT2D eigenvalue weighted by molar-refractivity contribution is 5.97. The van der Waals surface area contributed by atoms with Crippen molar-refractivity contribution in [3.63, 3.8) is 0 Å². The number of nitrogens with zero attached hydrogens (tertiary/aromatic N) is 1. The summed E-state index contributed by atoms with van der Waals surface area (Å²) in [6, 6.07) is 8.06. The molecular formula is C20H19F2N3O3. The molecule has 28 heavy (non-hydrogen) atoms. The van der Waals surface area contributed by atoms with Crippen molar-refractivity contribution in [1.82, 2.24) is 4.90 Å². The van der Waals surface area contributed by atoms with E-state index in [-0.39, 0.29) is 24.5 Å². The van der Waals surface area contributed by atoms with E-state index in [1.807, 2.05) is 0 Å². The van der Waals surface area contributed by atoms with E-state index in [0.29, 0.717) is 48.6 Å². The van der Waals surface area contributed by atoms with Crippen LogP contribution >= 0.6 is 0 Å². The average molecular weight is 387 g/mol. The van der Waals surface area contributed by atoms with E-state index in [4.69, 9.17) is 4.74 Å². The Labute approximate surface area is 160 Å². The minimum absolute atomic E-state index is 0.0372. The molecule has 4 rings (SSSR count). The Kier molecular flexibility index (Phi) is 4.85. The van der Waals surface area contributed by atoms with Crippen molar-refractivity contribution < 1.29 is 23.1 Å². The third-order valence-electron chi connectivity index (χ3n) is 4.97. The molecule has 3 amide bonds. The fraction of sp³-hybridized carbons (Fsp3) is 0.300. The lowest BCUT2D eigenvalue weighted by Gasteiger charge is -2.33. The van der Waals surface area contributed by atoms with Crippen molar-refractivity contribution >= 4 is 23.3 Å². The number of rotatable bonds is 2. The lowest BCUT2D eigenvalue weighted by Crippen LogP contribution is -2.41. The normalized spacial score (nSPS) is 18.7. The van der Waals surface area contributed by atoms with Gasteiger partial charge in [-0.05, 0) is 54.8 Å². The van der Waals surface area contributed by atoms with Crippen molar-refractivity contribution in [1.29, 1.82) is 0 Å². The molecule has 8 heteroatoms. The summed E-state index contributed by atoms with van der Waals surface area (Å²) in [5.41, 5.74) is 1.30. The fourth-order valence-electron chi connectivity index (χ4n) is 3.61. The minimum atomic E-state index is -0.490. The number of carbonyl (C=O) groups excluding carboxylic acids is 2. The highest BCUT2D eigenvalue weighted by Gasteiger charge is 2.27. The molecule has 0 aliphatic carbocycles. The highest BCUT2D eigenvalue weighted by atomic mass is 19.1. The Morgan fingerprint density at radius 2 is 2.07 bits per heavy atom. The molecule has 0 unspecified atom stereocenters. The molecule has 0 aromatic heterocycles. The second kappa shape index (κ2) is 7.46. The van der Waals surface area contributed by atoms with Gasteiger partial charge in [0.15, 0.2) is 6.61 Å². The van der Waals surface area contributed by atoms with E-state index >= 15 is 0 Å². The van der Waals surface area contributed by atoms with Crippen LogP contribution in [0.15, 0.2) is 36.4 Å². The number of likely N-dealkylation sites (tertiary alicyclic amines) is 1. The Hall–Kier alpha value is -3.16. The summed E-state index contributed by atoms with van der Waals surface area (Å²) in [4.78, 5) is 25.7. The monoisotopic (exact) mass is 387 g/mol. The zero-order valence-electron chi connectivity index (χ0n) is 15.0. The van der Waals surface area contributed by atoms with E-state index in [1.54, 1.807) is 23.1 Å². The first kappa shape index (κ1) is 18.2.